The summed E-state index contributed by atoms with van der Waals surface area (Å²) < 4.78 is 0. The van der Waals surface area contributed by atoms with Crippen molar-refractivity contribution in [2.24, 2.45) is 0 Å². The van der Waals surface area contributed by atoms with Crippen LogP contribution >= 0.6 is 0 Å². The molecular weight excluding hydrogens is 244 g/mol. The first kappa shape index (κ1) is 12.9. The molecule has 1 heterocycles. The number of hydrogen-bond acceptors (Lipinski definition) is 0. The van der Waals surface area contributed by atoms with Crippen molar-refractivity contribution in [1.82, 2.24) is 0 Å². The Balaban J connectivity index is 2.29. The van der Waals surface area contributed by atoms with Crippen LogP contribution < -0.4 is 10.4 Å². The van der Waals surface area contributed by atoms with Gasteiger partial charge in [0.2, 0.25) is 0 Å². The van der Waals surface area contributed by atoms with E-state index in [9.17, 15) is 0 Å². The van der Waals surface area contributed by atoms with Crippen LogP contribution in [0.2, 0.25) is 11.1 Å². The van der Waals surface area contributed by atoms with Crippen LogP contribution in [0.5, 0.6) is 0 Å². The monoisotopic (exact) mass is 268 g/mol. The Morgan fingerprint density at radius 1 is 0.842 bits per heavy atom. The van der Waals surface area contributed by atoms with Crippen LogP contribution in [-0.4, -0.2) is 8.07 Å². The first-order valence-corrected chi connectivity index (χ1v) is 9.86. The Morgan fingerprint density at radius 3 is 1.74 bits per heavy atom. The van der Waals surface area contributed by atoms with Gasteiger partial charge in [-0.2, -0.15) is 0 Å². The van der Waals surface area contributed by atoms with Crippen LogP contribution in [0.4, 0.5) is 0 Å². The van der Waals surface area contributed by atoms with Crippen molar-refractivity contribution in [3.8, 4) is 0 Å². The second-order valence-corrected chi connectivity index (χ2v) is 11.0. The summed E-state index contributed by atoms with van der Waals surface area (Å²) >= 11 is 0. The number of rotatable bonds is 4. The molecule has 2 aromatic carbocycles. The average molecular weight is 268 g/mol. The maximum absolute atomic E-state index is 2.49. The smallest absolute Gasteiger partial charge is 0.0654 e. The van der Waals surface area contributed by atoms with Crippen molar-refractivity contribution < 1.29 is 0 Å². The van der Waals surface area contributed by atoms with E-state index < -0.39 is 8.07 Å². The Bertz CT molecular complexity index is 563. The molecule has 2 unspecified atom stereocenters. The lowest BCUT2D eigenvalue weighted by atomic mass is 10.1. The Morgan fingerprint density at radius 2 is 1.32 bits per heavy atom. The fraction of sp³-hybridized carbons (Fsp3) is 0.444. The highest BCUT2D eigenvalue weighted by molar-refractivity contribution is 7.11. The summed E-state index contributed by atoms with van der Waals surface area (Å²) in [7, 11) is -1.47. The molecule has 0 amide bonds. The van der Waals surface area contributed by atoms with E-state index in [1.165, 1.54) is 18.2 Å². The van der Waals surface area contributed by atoms with Crippen LogP contribution in [-0.2, 0) is 0 Å². The molecule has 0 saturated heterocycles. The Labute approximate surface area is 117 Å². The zero-order valence-corrected chi connectivity index (χ0v) is 13.5. The number of benzene rings is 2. The molecule has 1 aliphatic rings. The van der Waals surface area contributed by atoms with Gasteiger partial charge in [0, 0.05) is 0 Å². The fourth-order valence-electron chi connectivity index (χ4n) is 4.30. The van der Waals surface area contributed by atoms with E-state index in [2.05, 4.69) is 64.1 Å². The van der Waals surface area contributed by atoms with Gasteiger partial charge in [-0.25, -0.2) is 0 Å². The van der Waals surface area contributed by atoms with Gasteiger partial charge in [-0.1, -0.05) is 76.9 Å². The molecule has 0 bridgehead atoms. The molecular formula is C18H24Si. The standard InChI is InChI=1S/C18H24Si/c1-5-13(3)19(14(4)6-2)16-11-7-9-15-10-8-12-17(19)18(15)16/h7-14H,5-6H2,1-4H3. The summed E-state index contributed by atoms with van der Waals surface area (Å²) in [6.07, 6.45) is 2.61. The van der Waals surface area contributed by atoms with Crippen LogP contribution in [0, 0.1) is 0 Å². The third-order valence-corrected chi connectivity index (χ3v) is 12.1. The molecule has 0 nitrogen and oxygen atoms in total. The van der Waals surface area contributed by atoms with Gasteiger partial charge in [-0.3, -0.25) is 0 Å². The van der Waals surface area contributed by atoms with Crippen molar-refractivity contribution in [1.29, 1.82) is 0 Å². The van der Waals surface area contributed by atoms with E-state index in [-0.39, 0.29) is 0 Å². The lowest BCUT2D eigenvalue weighted by Gasteiger charge is -2.50. The molecule has 19 heavy (non-hydrogen) atoms. The third kappa shape index (κ3) is 1.45. The zero-order chi connectivity index (χ0) is 13.6. The molecule has 1 heteroatoms. The van der Waals surface area contributed by atoms with Gasteiger partial charge < -0.3 is 0 Å². The fourth-order valence-corrected chi connectivity index (χ4v) is 10.9. The van der Waals surface area contributed by atoms with Gasteiger partial charge >= 0.3 is 0 Å². The summed E-state index contributed by atoms with van der Waals surface area (Å²) in [6.45, 7) is 9.71. The topological polar surface area (TPSA) is 0 Å². The minimum absolute atomic E-state index is 0.850. The second kappa shape index (κ2) is 4.48. The molecule has 2 atom stereocenters. The van der Waals surface area contributed by atoms with Gasteiger partial charge in [-0.05, 0) is 32.2 Å². The van der Waals surface area contributed by atoms with Crippen molar-refractivity contribution in [2.75, 3.05) is 0 Å². The highest BCUT2D eigenvalue weighted by Gasteiger charge is 2.52. The first-order valence-electron chi connectivity index (χ1n) is 7.70. The first-order chi connectivity index (χ1) is 9.17. The van der Waals surface area contributed by atoms with Crippen LogP contribution in [0.1, 0.15) is 40.5 Å². The van der Waals surface area contributed by atoms with E-state index in [1.807, 2.05) is 0 Å². The van der Waals surface area contributed by atoms with Crippen LogP contribution in [0.3, 0.4) is 0 Å². The lowest BCUT2D eigenvalue weighted by molar-refractivity contribution is 0.773. The highest BCUT2D eigenvalue weighted by atomic mass is 28.3. The van der Waals surface area contributed by atoms with Crippen LogP contribution in [0.25, 0.3) is 10.8 Å². The third-order valence-electron chi connectivity index (χ3n) is 5.58. The lowest BCUT2D eigenvalue weighted by Crippen LogP contribution is -2.71. The summed E-state index contributed by atoms with van der Waals surface area (Å²) in [5.74, 6) is 0. The van der Waals surface area contributed by atoms with Gasteiger partial charge in [0.15, 0.2) is 0 Å². The molecule has 3 rings (SSSR count). The Hall–Kier alpha value is -1.08. The quantitative estimate of drug-likeness (QED) is 0.725. The van der Waals surface area contributed by atoms with E-state index >= 15 is 0 Å². The molecule has 0 N–H and O–H groups in total. The minimum atomic E-state index is -1.47. The average Bonchev–Trinajstić information content (AvgIpc) is 2.45. The summed E-state index contributed by atoms with van der Waals surface area (Å²) in [5, 5.41) is 6.52. The minimum Gasteiger partial charge on any atom is -0.0654 e. The van der Waals surface area contributed by atoms with Gasteiger partial charge in [0.1, 0.15) is 8.07 Å². The van der Waals surface area contributed by atoms with Crippen molar-refractivity contribution >= 4 is 29.2 Å². The molecule has 1 aliphatic heterocycles. The summed E-state index contributed by atoms with van der Waals surface area (Å²) in [5.41, 5.74) is 1.70. The molecule has 0 spiro atoms. The van der Waals surface area contributed by atoms with Gasteiger partial charge in [0.25, 0.3) is 0 Å². The van der Waals surface area contributed by atoms with Crippen molar-refractivity contribution in [3.05, 3.63) is 36.4 Å². The maximum atomic E-state index is 2.49. The van der Waals surface area contributed by atoms with Crippen molar-refractivity contribution in [2.45, 2.75) is 51.6 Å². The van der Waals surface area contributed by atoms with E-state index in [0.717, 1.165) is 11.1 Å². The molecule has 0 aromatic heterocycles. The predicted molar refractivity (Wildman–Crippen MR) is 88.4 cm³/mol. The number of hydrogen-bond donors (Lipinski definition) is 0. The molecule has 100 valence electrons. The molecule has 0 fully saturated rings. The van der Waals surface area contributed by atoms with E-state index in [0.29, 0.717) is 0 Å². The molecule has 2 aromatic rings. The summed E-state index contributed by atoms with van der Waals surface area (Å²) in [6, 6.07) is 13.9. The normalized spacial score (nSPS) is 18.9. The second-order valence-electron chi connectivity index (χ2n) is 6.20. The van der Waals surface area contributed by atoms with Gasteiger partial charge in [0.05, 0.1) is 0 Å². The maximum Gasteiger partial charge on any atom is 0.125 e. The molecule has 0 saturated carbocycles. The zero-order valence-electron chi connectivity index (χ0n) is 12.5. The SMILES string of the molecule is CCC(C)[Si]1(C(C)CC)c2cccc3cccc1c23. The largest absolute Gasteiger partial charge is 0.125 e. The molecule has 0 aliphatic carbocycles. The van der Waals surface area contributed by atoms with Gasteiger partial charge in [-0.15, -0.1) is 0 Å². The van der Waals surface area contributed by atoms with Crippen LogP contribution in [0.15, 0.2) is 36.4 Å². The summed E-state index contributed by atoms with van der Waals surface area (Å²) in [4.78, 5) is 0. The molecule has 0 radical (unpaired) electrons. The Kier molecular flexibility index (Phi) is 3.05. The highest BCUT2D eigenvalue weighted by Crippen LogP contribution is 2.43. The van der Waals surface area contributed by atoms with E-state index in [1.54, 1.807) is 15.8 Å². The van der Waals surface area contributed by atoms with E-state index in [4.69, 9.17) is 0 Å². The van der Waals surface area contributed by atoms with Crippen molar-refractivity contribution in [3.63, 3.8) is 0 Å². The predicted octanol–water partition coefficient (Wildman–Crippen LogP) is 4.32.